The lowest BCUT2D eigenvalue weighted by molar-refractivity contribution is -0.169. The molecular weight excluding hydrogens is 248 g/mol. The predicted molar refractivity (Wildman–Crippen MR) is 64.4 cm³/mol. The van der Waals surface area contributed by atoms with Gasteiger partial charge < -0.3 is 14.8 Å². The molecule has 96 valence electrons. The topological polar surface area (TPSA) is 91.4 Å². The lowest BCUT2D eigenvalue weighted by Crippen LogP contribution is -2.56. The fourth-order valence-electron chi connectivity index (χ4n) is 2.94. The Labute approximate surface area is 107 Å². The number of carbonyl (C=O) groups is 2. The van der Waals surface area contributed by atoms with E-state index >= 15 is 0 Å². The molecule has 0 radical (unpaired) electrons. The maximum absolute atomic E-state index is 11.8. The van der Waals surface area contributed by atoms with E-state index in [0.29, 0.717) is 0 Å². The van der Waals surface area contributed by atoms with E-state index in [1.165, 1.54) is 0 Å². The third-order valence-corrected chi connectivity index (χ3v) is 3.74. The van der Waals surface area contributed by atoms with E-state index in [1.807, 2.05) is 24.3 Å². The second-order valence-electron chi connectivity index (χ2n) is 4.77. The van der Waals surface area contributed by atoms with E-state index < -0.39 is 30.1 Å². The van der Waals surface area contributed by atoms with Gasteiger partial charge in [-0.1, -0.05) is 18.2 Å². The predicted octanol–water partition coefficient (Wildman–Crippen LogP) is 0.863. The summed E-state index contributed by atoms with van der Waals surface area (Å²) in [6.45, 7) is 0. The molecule has 2 aromatic rings. The van der Waals surface area contributed by atoms with Gasteiger partial charge >= 0.3 is 11.9 Å². The highest BCUT2D eigenvalue weighted by Gasteiger charge is 2.51. The molecule has 0 spiro atoms. The van der Waals surface area contributed by atoms with E-state index in [9.17, 15) is 14.7 Å². The number of para-hydroxylation sites is 1. The highest BCUT2D eigenvalue weighted by atomic mass is 16.6. The van der Waals surface area contributed by atoms with Crippen molar-refractivity contribution in [3.63, 3.8) is 0 Å². The van der Waals surface area contributed by atoms with Crippen LogP contribution in [0.15, 0.2) is 24.3 Å². The number of carbonyl (C=O) groups excluding carboxylic acids is 1. The monoisotopic (exact) mass is 258 g/mol. The number of aromatic nitrogens is 1. The zero-order chi connectivity index (χ0) is 13.1. The number of carboxylic acid groups (broad SMARTS) is 1. The molecule has 3 aliphatic rings. The maximum Gasteiger partial charge on any atom is 0.330 e. The molecule has 2 bridgehead atoms. The van der Waals surface area contributed by atoms with Crippen LogP contribution < -0.4 is 5.32 Å². The Bertz CT molecular complexity index is 721. The minimum atomic E-state index is -1.02. The number of hydrogen-bond acceptors (Lipinski definition) is 4. The van der Waals surface area contributed by atoms with Crippen LogP contribution in [0.25, 0.3) is 10.9 Å². The molecule has 1 aromatic carbocycles. The molecule has 3 atom stereocenters. The van der Waals surface area contributed by atoms with Gasteiger partial charge in [-0.2, -0.15) is 0 Å². The van der Waals surface area contributed by atoms with E-state index in [1.54, 1.807) is 0 Å². The molecule has 4 heterocycles. The average Bonchev–Trinajstić information content (AvgIpc) is 2.79. The number of rotatable bonds is 1. The number of fused-ring (bicyclic) bond motifs is 3. The highest BCUT2D eigenvalue weighted by molar-refractivity contribution is 5.93. The Balaban J connectivity index is 2.01. The number of morpholine rings is 1. The minimum absolute atomic E-state index is 0.429. The summed E-state index contributed by atoms with van der Waals surface area (Å²) in [5.74, 6) is -1.44. The van der Waals surface area contributed by atoms with Crippen molar-refractivity contribution in [2.75, 3.05) is 0 Å². The summed E-state index contributed by atoms with van der Waals surface area (Å²) in [4.78, 5) is 26.2. The number of ether oxygens (including phenoxy) is 1. The number of benzene rings is 1. The molecule has 6 heteroatoms. The summed E-state index contributed by atoms with van der Waals surface area (Å²) in [6, 6.07) is 5.94. The fraction of sp³-hybridized carbons (Fsp3) is 0.231. The third kappa shape index (κ3) is 1.23. The van der Waals surface area contributed by atoms with Crippen molar-refractivity contribution in [1.29, 1.82) is 0 Å². The Morgan fingerprint density at radius 1 is 1.32 bits per heavy atom. The maximum atomic E-state index is 11.8. The van der Waals surface area contributed by atoms with Gasteiger partial charge in [0.2, 0.25) is 0 Å². The lowest BCUT2D eigenvalue weighted by atomic mass is 9.88. The zero-order valence-electron chi connectivity index (χ0n) is 9.71. The van der Waals surface area contributed by atoms with E-state index in [0.717, 1.165) is 22.2 Å². The van der Waals surface area contributed by atoms with Crippen molar-refractivity contribution in [2.45, 2.75) is 18.2 Å². The van der Waals surface area contributed by atoms with Crippen LogP contribution in [0.2, 0.25) is 0 Å². The molecule has 3 aliphatic heterocycles. The van der Waals surface area contributed by atoms with E-state index in [4.69, 9.17) is 4.74 Å². The second-order valence-corrected chi connectivity index (χ2v) is 4.77. The van der Waals surface area contributed by atoms with Crippen LogP contribution in [0.4, 0.5) is 0 Å². The van der Waals surface area contributed by atoms with Crippen molar-refractivity contribution in [3.05, 3.63) is 35.5 Å². The fourth-order valence-corrected chi connectivity index (χ4v) is 2.94. The number of H-pyrrole nitrogens is 1. The molecule has 19 heavy (non-hydrogen) atoms. The van der Waals surface area contributed by atoms with Crippen molar-refractivity contribution in [2.24, 2.45) is 0 Å². The molecule has 1 fully saturated rings. The van der Waals surface area contributed by atoms with Crippen molar-refractivity contribution >= 4 is 22.8 Å². The van der Waals surface area contributed by atoms with Crippen LogP contribution in [0.1, 0.15) is 23.4 Å². The molecule has 0 saturated carbocycles. The minimum Gasteiger partial charge on any atom is -0.480 e. The van der Waals surface area contributed by atoms with Gasteiger partial charge in [-0.05, 0) is 6.07 Å². The average molecular weight is 258 g/mol. The van der Waals surface area contributed by atoms with Crippen LogP contribution >= 0.6 is 0 Å². The number of hydrogen-bond donors (Lipinski definition) is 3. The molecule has 0 amide bonds. The van der Waals surface area contributed by atoms with Gasteiger partial charge in [0, 0.05) is 16.5 Å². The number of nitrogens with one attached hydrogen (secondary N) is 2. The summed E-state index contributed by atoms with van der Waals surface area (Å²) in [5, 5.41) is 12.9. The zero-order valence-corrected chi connectivity index (χ0v) is 9.71. The number of aromatic amines is 1. The first-order valence-corrected chi connectivity index (χ1v) is 5.96. The van der Waals surface area contributed by atoms with Crippen molar-refractivity contribution < 1.29 is 19.4 Å². The highest BCUT2D eigenvalue weighted by Crippen LogP contribution is 2.44. The Hall–Kier alpha value is -2.34. The van der Waals surface area contributed by atoms with Gasteiger partial charge in [-0.25, -0.2) is 4.79 Å². The van der Waals surface area contributed by atoms with Gasteiger partial charge in [0.15, 0.2) is 6.10 Å². The summed E-state index contributed by atoms with van der Waals surface area (Å²) in [5.41, 5.74) is 2.39. The molecule has 3 N–H and O–H groups in total. The van der Waals surface area contributed by atoms with Gasteiger partial charge in [0.05, 0.1) is 5.69 Å². The summed E-state index contributed by atoms with van der Waals surface area (Å²) in [6.07, 6.45) is -0.777. The first kappa shape index (κ1) is 10.6. The largest absolute Gasteiger partial charge is 0.480 e. The molecule has 1 saturated heterocycles. The van der Waals surface area contributed by atoms with Crippen LogP contribution in [-0.4, -0.2) is 28.1 Å². The first-order chi connectivity index (χ1) is 9.16. The quantitative estimate of drug-likeness (QED) is 0.660. The second kappa shape index (κ2) is 3.36. The standard InChI is InChI=1S/C13H10N2O4/c16-12(17)10-11-7-5-3-1-2-4-6(5)14-8(7)9(15-10)13(18)19-11/h1-4,9-11,14-15H,(H,16,17). The van der Waals surface area contributed by atoms with Gasteiger partial charge in [-0.3, -0.25) is 10.1 Å². The molecule has 5 rings (SSSR count). The Kier molecular flexibility index (Phi) is 1.87. The van der Waals surface area contributed by atoms with E-state index in [-0.39, 0.29) is 0 Å². The molecular formula is C13H10N2O4. The van der Waals surface area contributed by atoms with Crippen LogP contribution in [0.5, 0.6) is 0 Å². The summed E-state index contributed by atoms with van der Waals surface area (Å²) in [7, 11) is 0. The van der Waals surface area contributed by atoms with E-state index in [2.05, 4.69) is 10.3 Å². The van der Waals surface area contributed by atoms with Crippen LogP contribution in [-0.2, 0) is 14.3 Å². The first-order valence-electron chi connectivity index (χ1n) is 5.96. The lowest BCUT2D eigenvalue weighted by Gasteiger charge is -2.39. The molecule has 3 unspecified atom stereocenters. The van der Waals surface area contributed by atoms with Gasteiger partial charge in [-0.15, -0.1) is 0 Å². The van der Waals surface area contributed by atoms with Crippen LogP contribution in [0.3, 0.4) is 0 Å². The Morgan fingerprint density at radius 2 is 2.11 bits per heavy atom. The number of carboxylic acids is 1. The van der Waals surface area contributed by atoms with Gasteiger partial charge in [0.1, 0.15) is 12.1 Å². The normalized spacial score (nSPS) is 28.2. The summed E-state index contributed by atoms with van der Waals surface area (Å²) < 4.78 is 5.25. The smallest absolute Gasteiger partial charge is 0.330 e. The summed E-state index contributed by atoms with van der Waals surface area (Å²) >= 11 is 0. The molecule has 0 aliphatic carbocycles. The van der Waals surface area contributed by atoms with Crippen molar-refractivity contribution in [3.8, 4) is 0 Å². The third-order valence-electron chi connectivity index (χ3n) is 3.74. The van der Waals surface area contributed by atoms with Crippen molar-refractivity contribution in [1.82, 2.24) is 10.3 Å². The number of aliphatic carboxylic acids is 1. The van der Waals surface area contributed by atoms with Gasteiger partial charge in [0.25, 0.3) is 0 Å². The Morgan fingerprint density at radius 3 is 2.89 bits per heavy atom. The molecule has 1 aromatic heterocycles. The number of esters is 1. The SMILES string of the molecule is O=C1OC2c3c([nH]c4ccccc34)C1NC2C(=O)O. The molecule has 6 nitrogen and oxygen atoms in total. The van der Waals surface area contributed by atoms with Crippen LogP contribution in [0, 0.1) is 0 Å².